The van der Waals surface area contributed by atoms with Crippen molar-refractivity contribution in [2.45, 2.75) is 84.0 Å². The fraction of sp³-hybridized carbons (Fsp3) is 0.441. The lowest BCUT2D eigenvalue weighted by atomic mass is 9.82. The first-order chi connectivity index (χ1) is 21.2. The van der Waals surface area contributed by atoms with Crippen LogP contribution in [0.1, 0.15) is 71.6 Å². The normalized spacial score (nSPS) is 17.4. The maximum Gasteiger partial charge on any atom is 0.322 e. The maximum absolute atomic E-state index is 13.7. The molecule has 3 aromatic rings. The first-order valence-corrected chi connectivity index (χ1v) is 15.3. The predicted molar refractivity (Wildman–Crippen MR) is 171 cm³/mol. The Kier molecular flexibility index (Phi) is 10.2. The van der Waals surface area contributed by atoms with Crippen LogP contribution in [0.4, 0.5) is 0 Å². The number of carbonyl (C=O) groups is 4. The van der Waals surface area contributed by atoms with E-state index in [1.807, 2.05) is 62.4 Å². The number of aliphatic hydroxyl groups excluding tert-OH is 1. The Balaban J connectivity index is 1.48. The standard InChI is InChI=1S/C34H43N5O6/c1-19(2)29(30(41)36-20(3)31(42)39-14-8-11-27(38-39)32(43)44)37-33(45)34(5,6)26-10-7-9-23(16-26)28-17-25-15-22(21(4)40)12-13-24(25)18-35-28/h7,9-10,12-13,15-21,27,29,38,40H,8,11,14H2,1-6H3,(H,36,41)(H,37,45)(H,43,44). The van der Waals surface area contributed by atoms with Gasteiger partial charge in [-0.15, -0.1) is 0 Å². The van der Waals surface area contributed by atoms with Gasteiger partial charge in [-0.05, 0) is 81.2 Å². The molecule has 11 heteroatoms. The number of nitrogens with zero attached hydrogens (tertiary/aromatic N) is 2. The summed E-state index contributed by atoms with van der Waals surface area (Å²) in [5.41, 5.74) is 4.77. The highest BCUT2D eigenvalue weighted by atomic mass is 16.4. The number of hydrazine groups is 1. The van der Waals surface area contributed by atoms with Crippen molar-refractivity contribution in [3.8, 4) is 11.3 Å². The Bertz CT molecular complexity index is 1590. The number of fused-ring (bicyclic) bond motifs is 1. The van der Waals surface area contributed by atoms with Crippen molar-refractivity contribution in [1.82, 2.24) is 26.1 Å². The molecule has 0 spiro atoms. The number of hydrogen-bond acceptors (Lipinski definition) is 7. The minimum Gasteiger partial charge on any atom is -0.480 e. The molecule has 2 aromatic carbocycles. The van der Waals surface area contributed by atoms with Crippen molar-refractivity contribution in [3.05, 3.63) is 65.9 Å². The molecule has 1 saturated heterocycles. The highest BCUT2D eigenvalue weighted by molar-refractivity contribution is 5.95. The molecular weight excluding hydrogens is 574 g/mol. The van der Waals surface area contributed by atoms with E-state index in [1.165, 1.54) is 11.9 Å². The maximum atomic E-state index is 13.7. The predicted octanol–water partition coefficient (Wildman–Crippen LogP) is 3.46. The van der Waals surface area contributed by atoms with Crippen molar-refractivity contribution in [1.29, 1.82) is 0 Å². The van der Waals surface area contributed by atoms with E-state index in [9.17, 15) is 29.4 Å². The van der Waals surface area contributed by atoms with E-state index in [1.54, 1.807) is 27.0 Å². The van der Waals surface area contributed by atoms with Crippen molar-refractivity contribution >= 4 is 34.5 Å². The molecule has 3 amide bonds. The summed E-state index contributed by atoms with van der Waals surface area (Å²) >= 11 is 0. The lowest BCUT2D eigenvalue weighted by Crippen LogP contribution is -2.61. The van der Waals surface area contributed by atoms with Crippen molar-refractivity contribution in [3.63, 3.8) is 0 Å². The molecule has 1 aliphatic rings. The molecule has 11 nitrogen and oxygen atoms in total. The molecule has 1 aromatic heterocycles. The first-order valence-electron chi connectivity index (χ1n) is 15.3. The second-order valence-corrected chi connectivity index (χ2v) is 12.6. The van der Waals surface area contributed by atoms with E-state index in [4.69, 9.17) is 0 Å². The van der Waals surface area contributed by atoms with Crippen LogP contribution in [0.5, 0.6) is 0 Å². The van der Waals surface area contributed by atoms with Crippen molar-refractivity contribution < 1.29 is 29.4 Å². The lowest BCUT2D eigenvalue weighted by Gasteiger charge is -2.34. The minimum absolute atomic E-state index is 0.281. The zero-order valence-corrected chi connectivity index (χ0v) is 26.6. The number of rotatable bonds is 10. The highest BCUT2D eigenvalue weighted by Gasteiger charge is 2.36. The molecule has 1 aliphatic heterocycles. The third kappa shape index (κ3) is 7.66. The van der Waals surface area contributed by atoms with Crippen LogP contribution < -0.4 is 16.1 Å². The third-order valence-electron chi connectivity index (χ3n) is 8.39. The summed E-state index contributed by atoms with van der Waals surface area (Å²) in [6.45, 7) is 10.8. The third-order valence-corrected chi connectivity index (χ3v) is 8.39. The topological polar surface area (TPSA) is 161 Å². The number of nitrogens with one attached hydrogen (secondary N) is 3. The monoisotopic (exact) mass is 617 g/mol. The number of aromatic nitrogens is 1. The van der Waals surface area contributed by atoms with E-state index < -0.39 is 47.4 Å². The van der Waals surface area contributed by atoms with E-state index in [0.29, 0.717) is 19.4 Å². The number of amides is 3. The number of hydrogen-bond donors (Lipinski definition) is 5. The molecule has 1 fully saturated rings. The van der Waals surface area contributed by atoms with Crippen LogP contribution in [0, 0.1) is 5.92 Å². The van der Waals surface area contributed by atoms with Gasteiger partial charge in [0.25, 0.3) is 5.91 Å². The zero-order chi connectivity index (χ0) is 33.1. The Labute approximate surface area is 263 Å². The molecule has 2 heterocycles. The molecule has 0 bridgehead atoms. The largest absolute Gasteiger partial charge is 0.480 e. The SMILES string of the molecule is CC(NC(=O)C(NC(=O)C(C)(C)c1cccc(-c2cc3cc(C(C)O)ccc3cn2)c1)C(C)C)C(=O)N1CCCC(C(=O)O)N1. The number of aliphatic carboxylic acids is 1. The van der Waals surface area contributed by atoms with Gasteiger partial charge in [0, 0.05) is 23.7 Å². The van der Waals surface area contributed by atoms with Gasteiger partial charge in [0.1, 0.15) is 18.1 Å². The summed E-state index contributed by atoms with van der Waals surface area (Å²) in [4.78, 5) is 56.0. The van der Waals surface area contributed by atoms with Gasteiger partial charge in [-0.1, -0.05) is 44.2 Å². The minimum atomic E-state index is -1.04. The number of benzene rings is 2. The van der Waals surface area contributed by atoms with E-state index in [2.05, 4.69) is 21.0 Å². The smallest absolute Gasteiger partial charge is 0.322 e. The molecule has 5 N–H and O–H groups in total. The Hall–Kier alpha value is -4.35. The van der Waals surface area contributed by atoms with Crippen LogP contribution in [-0.2, 0) is 24.6 Å². The van der Waals surface area contributed by atoms with Gasteiger partial charge in [0.15, 0.2) is 0 Å². The van der Waals surface area contributed by atoms with E-state index in [0.717, 1.165) is 33.2 Å². The van der Waals surface area contributed by atoms with Gasteiger partial charge in [-0.25, -0.2) is 5.43 Å². The average molecular weight is 618 g/mol. The van der Waals surface area contributed by atoms with Crippen molar-refractivity contribution in [2.75, 3.05) is 6.54 Å². The lowest BCUT2D eigenvalue weighted by molar-refractivity contribution is -0.148. The summed E-state index contributed by atoms with van der Waals surface area (Å²) in [7, 11) is 0. The Morgan fingerprint density at radius 3 is 2.40 bits per heavy atom. The van der Waals surface area contributed by atoms with E-state index >= 15 is 0 Å². The van der Waals surface area contributed by atoms with Crippen LogP contribution in [0.2, 0.25) is 0 Å². The van der Waals surface area contributed by atoms with Gasteiger partial charge in [-0.2, -0.15) is 0 Å². The van der Waals surface area contributed by atoms with Crippen LogP contribution in [0.15, 0.2) is 54.7 Å². The van der Waals surface area contributed by atoms with Crippen LogP contribution in [0.25, 0.3) is 22.0 Å². The average Bonchev–Trinajstić information content (AvgIpc) is 3.02. The Morgan fingerprint density at radius 1 is 1.00 bits per heavy atom. The summed E-state index contributed by atoms with van der Waals surface area (Å²) in [6.07, 6.45) is 2.12. The highest BCUT2D eigenvalue weighted by Crippen LogP contribution is 2.30. The van der Waals surface area contributed by atoms with Crippen LogP contribution in [-0.4, -0.2) is 68.6 Å². The van der Waals surface area contributed by atoms with Crippen molar-refractivity contribution in [2.24, 2.45) is 5.92 Å². The van der Waals surface area contributed by atoms with Crippen LogP contribution >= 0.6 is 0 Å². The molecule has 45 heavy (non-hydrogen) atoms. The quantitative estimate of drug-likeness (QED) is 0.231. The molecule has 0 aliphatic carbocycles. The second-order valence-electron chi connectivity index (χ2n) is 12.6. The number of pyridine rings is 1. The van der Waals surface area contributed by atoms with Crippen LogP contribution in [0.3, 0.4) is 0 Å². The number of aliphatic hydroxyl groups is 1. The fourth-order valence-corrected chi connectivity index (χ4v) is 5.35. The summed E-state index contributed by atoms with van der Waals surface area (Å²) < 4.78 is 0. The molecule has 4 unspecified atom stereocenters. The fourth-order valence-electron chi connectivity index (χ4n) is 5.35. The van der Waals surface area contributed by atoms with Gasteiger partial charge in [0.2, 0.25) is 11.8 Å². The molecular formula is C34H43N5O6. The zero-order valence-electron chi connectivity index (χ0n) is 26.6. The Morgan fingerprint density at radius 2 is 1.73 bits per heavy atom. The molecule has 4 atom stereocenters. The number of carboxylic acid groups (broad SMARTS) is 1. The van der Waals surface area contributed by atoms with Gasteiger partial charge in [0.05, 0.1) is 17.2 Å². The summed E-state index contributed by atoms with van der Waals surface area (Å²) in [6, 6.07) is 12.5. The van der Waals surface area contributed by atoms with Gasteiger partial charge in [-0.3, -0.25) is 29.2 Å². The molecule has 0 saturated carbocycles. The molecule has 240 valence electrons. The second kappa shape index (κ2) is 13.7. The molecule has 4 rings (SSSR count). The molecule has 0 radical (unpaired) electrons. The summed E-state index contributed by atoms with van der Waals surface area (Å²) in [5.74, 6) is -2.64. The number of carboxylic acids is 1. The first kappa shape index (κ1) is 33.5. The summed E-state index contributed by atoms with van der Waals surface area (Å²) in [5, 5.41) is 28.0. The van der Waals surface area contributed by atoms with Gasteiger partial charge >= 0.3 is 5.97 Å². The number of carbonyl (C=O) groups excluding carboxylic acids is 3. The van der Waals surface area contributed by atoms with Gasteiger partial charge < -0.3 is 20.8 Å². The van der Waals surface area contributed by atoms with E-state index in [-0.39, 0.29) is 11.8 Å².